The maximum absolute atomic E-state index is 13.9. The van der Waals surface area contributed by atoms with Crippen molar-refractivity contribution < 1.29 is 9.13 Å². The van der Waals surface area contributed by atoms with Crippen LogP contribution in [0.25, 0.3) is 10.2 Å². The second-order valence-electron chi connectivity index (χ2n) is 8.29. The molecule has 3 aromatic rings. The van der Waals surface area contributed by atoms with Crippen molar-refractivity contribution in [2.75, 3.05) is 32.8 Å². The van der Waals surface area contributed by atoms with Crippen LogP contribution in [0.15, 0.2) is 35.4 Å². The number of thiophene rings is 1. The highest BCUT2D eigenvalue weighted by atomic mass is 32.1. The van der Waals surface area contributed by atoms with E-state index in [0.29, 0.717) is 18.7 Å². The molecule has 1 aliphatic carbocycles. The van der Waals surface area contributed by atoms with E-state index in [1.165, 1.54) is 16.5 Å². The monoisotopic (exact) mass is 442 g/mol. The largest absolute Gasteiger partial charge is 0.379 e. The van der Waals surface area contributed by atoms with Crippen molar-refractivity contribution in [2.45, 2.75) is 38.4 Å². The topological polar surface area (TPSA) is 59.4 Å². The van der Waals surface area contributed by atoms with Crippen LogP contribution in [-0.4, -0.2) is 53.3 Å². The second kappa shape index (κ2) is 9.16. The van der Waals surface area contributed by atoms with Crippen molar-refractivity contribution in [1.29, 1.82) is 0 Å². The number of ether oxygens (including phenoxy) is 1. The summed E-state index contributed by atoms with van der Waals surface area (Å²) in [5, 5.41) is 4.30. The lowest BCUT2D eigenvalue weighted by atomic mass is 9.93. The molecule has 1 fully saturated rings. The minimum atomic E-state index is -0.171. The fourth-order valence-corrected chi connectivity index (χ4v) is 5.76. The summed E-state index contributed by atoms with van der Waals surface area (Å²) in [7, 11) is 0. The van der Waals surface area contributed by atoms with Gasteiger partial charge in [-0.1, -0.05) is 18.2 Å². The summed E-state index contributed by atoms with van der Waals surface area (Å²) in [4.78, 5) is 22.2. The number of aryl methyl sites for hydroxylation is 1. The summed E-state index contributed by atoms with van der Waals surface area (Å²) < 4.78 is 21.0. The fourth-order valence-electron chi connectivity index (χ4n) is 4.50. The number of nitrogens with one attached hydrogen (secondary N) is 1. The molecule has 0 radical (unpaired) electrons. The number of benzene rings is 1. The molecule has 1 N–H and O–H groups in total. The van der Waals surface area contributed by atoms with Gasteiger partial charge in [-0.05, 0) is 30.9 Å². The number of fused-ring (bicyclic) bond motifs is 3. The SMILES string of the molecule is O=c1c2c3c(sc2ncn1CCN1CCOCC1)CC(NCc1ccccc1F)CC3. The Morgan fingerprint density at radius 2 is 2.06 bits per heavy atom. The van der Waals surface area contributed by atoms with E-state index >= 15 is 0 Å². The molecule has 3 heterocycles. The van der Waals surface area contributed by atoms with E-state index in [1.807, 2.05) is 12.1 Å². The molecule has 1 unspecified atom stereocenters. The van der Waals surface area contributed by atoms with E-state index < -0.39 is 0 Å². The van der Waals surface area contributed by atoms with Gasteiger partial charge in [-0.2, -0.15) is 0 Å². The van der Waals surface area contributed by atoms with Crippen LogP contribution >= 0.6 is 11.3 Å². The zero-order valence-electron chi connectivity index (χ0n) is 17.5. The van der Waals surface area contributed by atoms with Gasteiger partial charge < -0.3 is 10.1 Å². The summed E-state index contributed by atoms with van der Waals surface area (Å²) in [6.45, 7) is 5.36. The number of morpholine rings is 1. The maximum Gasteiger partial charge on any atom is 0.262 e. The molecule has 1 atom stereocenters. The van der Waals surface area contributed by atoms with Crippen LogP contribution in [0.5, 0.6) is 0 Å². The molecule has 31 heavy (non-hydrogen) atoms. The summed E-state index contributed by atoms with van der Waals surface area (Å²) in [5.74, 6) is -0.171. The average Bonchev–Trinajstić information content (AvgIpc) is 3.17. The van der Waals surface area contributed by atoms with Crippen molar-refractivity contribution in [1.82, 2.24) is 19.8 Å². The zero-order chi connectivity index (χ0) is 21.2. The lowest BCUT2D eigenvalue weighted by Crippen LogP contribution is -2.39. The van der Waals surface area contributed by atoms with Gasteiger partial charge in [-0.25, -0.2) is 9.37 Å². The molecule has 2 aliphatic rings. The van der Waals surface area contributed by atoms with Gasteiger partial charge in [0.05, 0.1) is 24.9 Å². The minimum absolute atomic E-state index is 0.0773. The van der Waals surface area contributed by atoms with E-state index in [0.717, 1.165) is 62.3 Å². The van der Waals surface area contributed by atoms with Crippen molar-refractivity contribution in [3.8, 4) is 0 Å². The first-order valence-electron chi connectivity index (χ1n) is 11.0. The van der Waals surface area contributed by atoms with Crippen LogP contribution in [0.2, 0.25) is 0 Å². The van der Waals surface area contributed by atoms with Gasteiger partial charge in [0.1, 0.15) is 10.6 Å². The first-order valence-corrected chi connectivity index (χ1v) is 11.8. The van der Waals surface area contributed by atoms with Crippen LogP contribution in [0.4, 0.5) is 4.39 Å². The standard InChI is InChI=1S/C23H27FN4O2S/c24-19-4-2-1-3-16(19)14-25-17-5-6-18-20(13-17)31-22-21(18)23(29)28(15-26-22)8-7-27-9-11-30-12-10-27/h1-4,15,17,25H,5-14H2. The molecule has 1 aromatic carbocycles. The lowest BCUT2D eigenvalue weighted by molar-refractivity contribution is 0.0362. The number of aromatic nitrogens is 2. The molecule has 8 heteroatoms. The number of rotatable bonds is 6. The predicted octanol–water partition coefficient (Wildman–Crippen LogP) is 2.58. The van der Waals surface area contributed by atoms with Gasteiger partial charge in [-0.3, -0.25) is 14.3 Å². The molecular weight excluding hydrogens is 415 g/mol. The fraction of sp³-hybridized carbons (Fsp3) is 0.478. The summed E-state index contributed by atoms with van der Waals surface area (Å²) in [6, 6.07) is 7.17. The van der Waals surface area contributed by atoms with Gasteiger partial charge in [0.15, 0.2) is 0 Å². The van der Waals surface area contributed by atoms with Crippen LogP contribution < -0.4 is 10.9 Å². The predicted molar refractivity (Wildman–Crippen MR) is 120 cm³/mol. The molecule has 164 valence electrons. The van der Waals surface area contributed by atoms with Gasteiger partial charge in [0.25, 0.3) is 5.56 Å². The Balaban J connectivity index is 1.29. The average molecular weight is 443 g/mol. The second-order valence-corrected chi connectivity index (χ2v) is 9.38. The van der Waals surface area contributed by atoms with Crippen molar-refractivity contribution in [3.05, 3.63) is 62.8 Å². The Kier molecular flexibility index (Phi) is 6.13. The van der Waals surface area contributed by atoms with Gasteiger partial charge in [0.2, 0.25) is 0 Å². The summed E-state index contributed by atoms with van der Waals surface area (Å²) in [6.07, 6.45) is 4.35. The van der Waals surface area contributed by atoms with Crippen LogP contribution in [0, 0.1) is 5.82 Å². The lowest BCUT2D eigenvalue weighted by Gasteiger charge is -2.26. The Hall–Kier alpha value is -2.13. The first kappa shape index (κ1) is 20.8. The third-order valence-corrected chi connectivity index (χ3v) is 7.50. The van der Waals surface area contributed by atoms with Crippen LogP contribution in [-0.2, 0) is 30.7 Å². The molecule has 1 saturated heterocycles. The Morgan fingerprint density at radius 1 is 1.23 bits per heavy atom. The number of hydrogen-bond acceptors (Lipinski definition) is 6. The third kappa shape index (κ3) is 4.43. The highest BCUT2D eigenvalue weighted by molar-refractivity contribution is 7.18. The van der Waals surface area contributed by atoms with Gasteiger partial charge in [0, 0.05) is 49.2 Å². The maximum atomic E-state index is 13.9. The van der Waals surface area contributed by atoms with Crippen molar-refractivity contribution in [3.63, 3.8) is 0 Å². The molecule has 0 bridgehead atoms. The normalized spacial score (nSPS) is 19.6. The Bertz CT molecular complexity index is 1120. The summed E-state index contributed by atoms with van der Waals surface area (Å²) in [5.41, 5.74) is 1.94. The third-order valence-electron chi connectivity index (χ3n) is 6.34. The number of hydrogen-bond donors (Lipinski definition) is 1. The number of halogens is 1. The molecule has 0 amide bonds. The van der Waals surface area contributed by atoms with E-state index in [1.54, 1.807) is 28.3 Å². The molecule has 2 aromatic heterocycles. The van der Waals surface area contributed by atoms with Crippen LogP contribution in [0.1, 0.15) is 22.4 Å². The summed E-state index contributed by atoms with van der Waals surface area (Å²) >= 11 is 1.63. The molecule has 5 rings (SSSR count). The quantitative estimate of drug-likeness (QED) is 0.636. The highest BCUT2D eigenvalue weighted by Gasteiger charge is 2.25. The first-order chi connectivity index (χ1) is 15.2. The van der Waals surface area contributed by atoms with E-state index in [9.17, 15) is 9.18 Å². The smallest absolute Gasteiger partial charge is 0.262 e. The molecule has 0 saturated carbocycles. The van der Waals surface area contributed by atoms with Crippen LogP contribution in [0.3, 0.4) is 0 Å². The number of nitrogens with zero attached hydrogens (tertiary/aromatic N) is 3. The minimum Gasteiger partial charge on any atom is -0.379 e. The Morgan fingerprint density at radius 3 is 2.90 bits per heavy atom. The molecule has 0 spiro atoms. The zero-order valence-corrected chi connectivity index (χ0v) is 18.3. The van der Waals surface area contributed by atoms with Gasteiger partial charge >= 0.3 is 0 Å². The molecule has 6 nitrogen and oxygen atoms in total. The Labute approximate surface area is 184 Å². The van der Waals surface area contributed by atoms with E-state index in [2.05, 4.69) is 15.2 Å². The molecular formula is C23H27FN4O2S. The molecule has 1 aliphatic heterocycles. The van der Waals surface area contributed by atoms with E-state index in [-0.39, 0.29) is 17.4 Å². The highest BCUT2D eigenvalue weighted by Crippen LogP contribution is 2.33. The van der Waals surface area contributed by atoms with Gasteiger partial charge in [-0.15, -0.1) is 11.3 Å². The van der Waals surface area contributed by atoms with Crippen molar-refractivity contribution >= 4 is 21.6 Å². The van der Waals surface area contributed by atoms with Crippen molar-refractivity contribution in [2.24, 2.45) is 0 Å². The van der Waals surface area contributed by atoms with E-state index in [4.69, 9.17) is 4.74 Å².